The second kappa shape index (κ2) is 6.62. The van der Waals surface area contributed by atoms with E-state index in [0.29, 0.717) is 13.2 Å². The monoisotopic (exact) mass is 331 g/mol. The van der Waals surface area contributed by atoms with Crippen LogP contribution >= 0.6 is 11.3 Å². The molecule has 0 fully saturated rings. The maximum absolute atomic E-state index is 12.5. The molecule has 0 spiro atoms. The van der Waals surface area contributed by atoms with Crippen LogP contribution in [0.5, 0.6) is 11.5 Å². The summed E-state index contributed by atoms with van der Waals surface area (Å²) in [5.41, 5.74) is 1.03. The Bertz CT molecular complexity index is 708. The molecule has 0 saturated carbocycles. The Balaban J connectivity index is 1.82. The van der Waals surface area contributed by atoms with Crippen LogP contribution in [0.2, 0.25) is 0 Å². The number of carbonyl (C=O) groups is 1. The van der Waals surface area contributed by atoms with Crippen molar-refractivity contribution in [2.75, 3.05) is 13.2 Å². The van der Waals surface area contributed by atoms with E-state index in [1.54, 1.807) is 0 Å². The molecule has 1 amide bonds. The molecule has 1 atom stereocenters. The Hall–Kier alpha value is -2.01. The first-order chi connectivity index (χ1) is 11.0. The number of benzene rings is 1. The van der Waals surface area contributed by atoms with Gasteiger partial charge in [-0.15, -0.1) is 11.3 Å². The number of aryl methyl sites for hydroxylation is 1. The standard InChI is InChI=1S/C18H21NO3S/c1-11(2)17(19-18(20)16-7-4-12(3)23-16)13-5-6-14-15(10-13)22-9-8-21-14/h4-7,10-11,17H,8-9H2,1-3H3,(H,19,20). The van der Waals surface area contributed by atoms with E-state index in [2.05, 4.69) is 19.2 Å². The van der Waals surface area contributed by atoms with Crippen molar-refractivity contribution in [3.8, 4) is 11.5 Å². The molecule has 0 radical (unpaired) electrons. The normalized spacial score (nSPS) is 14.6. The van der Waals surface area contributed by atoms with Gasteiger partial charge in [0.2, 0.25) is 0 Å². The molecule has 5 heteroatoms. The van der Waals surface area contributed by atoms with Gasteiger partial charge < -0.3 is 14.8 Å². The van der Waals surface area contributed by atoms with Crippen molar-refractivity contribution in [2.45, 2.75) is 26.8 Å². The number of hydrogen-bond donors (Lipinski definition) is 1. The van der Waals surface area contributed by atoms with E-state index in [-0.39, 0.29) is 17.9 Å². The van der Waals surface area contributed by atoms with E-state index in [1.165, 1.54) is 11.3 Å². The van der Waals surface area contributed by atoms with Gasteiger partial charge in [-0.2, -0.15) is 0 Å². The summed E-state index contributed by atoms with van der Waals surface area (Å²) in [6.45, 7) is 7.34. The van der Waals surface area contributed by atoms with E-state index in [9.17, 15) is 4.79 Å². The maximum atomic E-state index is 12.5. The minimum atomic E-state index is -0.0688. The predicted molar refractivity (Wildman–Crippen MR) is 91.5 cm³/mol. The second-order valence-electron chi connectivity index (χ2n) is 6.01. The van der Waals surface area contributed by atoms with Gasteiger partial charge in [0.05, 0.1) is 10.9 Å². The molecule has 2 heterocycles. The summed E-state index contributed by atoms with van der Waals surface area (Å²) in [5.74, 6) is 1.75. The Morgan fingerprint density at radius 1 is 1.13 bits per heavy atom. The zero-order valence-corrected chi connectivity index (χ0v) is 14.4. The highest BCUT2D eigenvalue weighted by Gasteiger charge is 2.22. The lowest BCUT2D eigenvalue weighted by atomic mass is 9.95. The van der Waals surface area contributed by atoms with Crippen molar-refractivity contribution >= 4 is 17.2 Å². The van der Waals surface area contributed by atoms with Crippen LogP contribution in [-0.2, 0) is 0 Å². The molecule has 23 heavy (non-hydrogen) atoms. The summed E-state index contributed by atoms with van der Waals surface area (Å²) < 4.78 is 11.2. The topological polar surface area (TPSA) is 47.6 Å². The number of hydrogen-bond acceptors (Lipinski definition) is 4. The molecular weight excluding hydrogens is 310 g/mol. The van der Waals surface area contributed by atoms with Crippen molar-refractivity contribution in [1.82, 2.24) is 5.32 Å². The van der Waals surface area contributed by atoms with E-state index >= 15 is 0 Å². The average molecular weight is 331 g/mol. The van der Waals surface area contributed by atoms with Crippen molar-refractivity contribution in [1.29, 1.82) is 0 Å². The van der Waals surface area contributed by atoms with Crippen LogP contribution in [0, 0.1) is 12.8 Å². The van der Waals surface area contributed by atoms with E-state index in [1.807, 2.05) is 37.3 Å². The highest BCUT2D eigenvalue weighted by Crippen LogP contribution is 2.34. The van der Waals surface area contributed by atoms with Crippen LogP contribution < -0.4 is 14.8 Å². The highest BCUT2D eigenvalue weighted by molar-refractivity contribution is 7.13. The lowest BCUT2D eigenvalue weighted by molar-refractivity contribution is 0.0929. The summed E-state index contributed by atoms with van der Waals surface area (Å²) in [4.78, 5) is 14.4. The third kappa shape index (κ3) is 3.50. The van der Waals surface area contributed by atoms with Gasteiger partial charge in [-0.1, -0.05) is 19.9 Å². The summed E-state index contributed by atoms with van der Waals surface area (Å²) in [6.07, 6.45) is 0. The third-order valence-corrected chi connectivity index (χ3v) is 4.84. The molecule has 1 N–H and O–H groups in total. The van der Waals surface area contributed by atoms with Crippen molar-refractivity contribution in [3.63, 3.8) is 0 Å². The Morgan fingerprint density at radius 3 is 2.52 bits per heavy atom. The first-order valence-corrected chi connectivity index (χ1v) is 8.63. The molecule has 4 nitrogen and oxygen atoms in total. The molecular formula is C18H21NO3S. The predicted octanol–water partition coefficient (Wildman–Crippen LogP) is 3.95. The largest absolute Gasteiger partial charge is 0.486 e. The van der Waals surface area contributed by atoms with Gasteiger partial charge in [0.25, 0.3) is 5.91 Å². The highest BCUT2D eigenvalue weighted by atomic mass is 32.1. The quantitative estimate of drug-likeness (QED) is 0.922. The minimum absolute atomic E-state index is 0.0308. The van der Waals surface area contributed by atoms with Crippen molar-refractivity contribution in [3.05, 3.63) is 45.6 Å². The molecule has 122 valence electrons. The van der Waals surface area contributed by atoms with Crippen molar-refractivity contribution < 1.29 is 14.3 Å². The number of amides is 1. The zero-order valence-electron chi connectivity index (χ0n) is 13.6. The van der Waals surface area contributed by atoms with Gasteiger partial charge >= 0.3 is 0 Å². The van der Waals surface area contributed by atoms with Crippen LogP contribution in [0.3, 0.4) is 0 Å². The van der Waals surface area contributed by atoms with Gasteiger partial charge in [-0.05, 0) is 42.7 Å². The van der Waals surface area contributed by atoms with Gasteiger partial charge in [0.15, 0.2) is 11.5 Å². The minimum Gasteiger partial charge on any atom is -0.486 e. The van der Waals surface area contributed by atoms with Gasteiger partial charge in [-0.3, -0.25) is 4.79 Å². The molecule has 0 bridgehead atoms. The number of fused-ring (bicyclic) bond motifs is 1. The summed E-state index contributed by atoms with van der Waals surface area (Å²) >= 11 is 1.51. The molecule has 3 rings (SSSR count). The van der Waals surface area contributed by atoms with E-state index in [0.717, 1.165) is 26.8 Å². The molecule has 0 saturated heterocycles. The van der Waals surface area contributed by atoms with Crippen LogP contribution in [-0.4, -0.2) is 19.1 Å². The number of rotatable bonds is 4. The Kier molecular flexibility index (Phi) is 4.57. The first-order valence-electron chi connectivity index (χ1n) is 7.81. The van der Waals surface area contributed by atoms with Crippen LogP contribution in [0.1, 0.15) is 40.0 Å². The lowest BCUT2D eigenvalue weighted by Crippen LogP contribution is -2.31. The average Bonchev–Trinajstić information content (AvgIpc) is 2.98. The molecule has 0 aliphatic carbocycles. The van der Waals surface area contributed by atoms with E-state index in [4.69, 9.17) is 9.47 Å². The fourth-order valence-electron chi connectivity index (χ4n) is 2.66. The number of nitrogens with one attached hydrogen (secondary N) is 1. The molecule has 2 aromatic rings. The van der Waals surface area contributed by atoms with Gasteiger partial charge in [0.1, 0.15) is 13.2 Å². The fraction of sp³-hybridized carbons (Fsp3) is 0.389. The van der Waals surface area contributed by atoms with Crippen LogP contribution in [0.15, 0.2) is 30.3 Å². The summed E-state index contributed by atoms with van der Waals surface area (Å²) in [7, 11) is 0. The van der Waals surface area contributed by atoms with Gasteiger partial charge in [0, 0.05) is 4.88 Å². The summed E-state index contributed by atoms with van der Waals surface area (Å²) in [5, 5.41) is 3.14. The zero-order chi connectivity index (χ0) is 16.4. The van der Waals surface area contributed by atoms with Gasteiger partial charge in [-0.25, -0.2) is 0 Å². The van der Waals surface area contributed by atoms with Crippen LogP contribution in [0.4, 0.5) is 0 Å². The molecule has 1 aliphatic rings. The second-order valence-corrected chi connectivity index (χ2v) is 7.30. The summed E-state index contributed by atoms with van der Waals surface area (Å²) in [6, 6.07) is 9.66. The Labute approximate surface area is 140 Å². The molecule has 1 unspecified atom stereocenters. The maximum Gasteiger partial charge on any atom is 0.261 e. The number of ether oxygens (including phenoxy) is 2. The third-order valence-electron chi connectivity index (χ3n) is 3.84. The van der Waals surface area contributed by atoms with Crippen LogP contribution in [0.25, 0.3) is 0 Å². The SMILES string of the molecule is Cc1ccc(C(=O)NC(c2ccc3c(c2)OCCO3)C(C)C)s1. The number of thiophene rings is 1. The smallest absolute Gasteiger partial charge is 0.261 e. The Morgan fingerprint density at radius 2 is 1.87 bits per heavy atom. The fourth-order valence-corrected chi connectivity index (χ4v) is 3.43. The first kappa shape index (κ1) is 15.9. The molecule has 1 aliphatic heterocycles. The molecule has 1 aromatic heterocycles. The lowest BCUT2D eigenvalue weighted by Gasteiger charge is -2.25. The van der Waals surface area contributed by atoms with E-state index < -0.39 is 0 Å². The van der Waals surface area contributed by atoms with Crippen molar-refractivity contribution in [2.24, 2.45) is 5.92 Å². The molecule has 1 aromatic carbocycles. The number of carbonyl (C=O) groups excluding carboxylic acids is 1.